The Morgan fingerprint density at radius 1 is 1.56 bits per heavy atom. The molecule has 0 amide bonds. The molecule has 0 saturated carbocycles. The Labute approximate surface area is 93.9 Å². The lowest BCUT2D eigenvalue weighted by Gasteiger charge is -2.11. The molecule has 3 nitrogen and oxygen atoms in total. The second-order valence-corrected chi connectivity index (χ2v) is 4.28. The number of thiophene rings is 1. The van der Waals surface area contributed by atoms with E-state index in [1.54, 1.807) is 0 Å². The van der Waals surface area contributed by atoms with Crippen LogP contribution in [0.1, 0.15) is 4.88 Å². The number of alkyl halides is 3. The molecule has 0 aliphatic carbocycles. The van der Waals surface area contributed by atoms with Crippen LogP contribution in [-0.2, 0) is 11.3 Å². The molecule has 1 unspecified atom stereocenters. The smallest absolute Gasteiger partial charge is 0.412 e. The van der Waals surface area contributed by atoms with Gasteiger partial charge in [0.1, 0.15) is 6.61 Å². The second kappa shape index (κ2) is 4.32. The summed E-state index contributed by atoms with van der Waals surface area (Å²) in [6, 6.07) is 2.05. The third-order valence-corrected chi connectivity index (χ3v) is 2.90. The van der Waals surface area contributed by atoms with Crippen LogP contribution in [0.3, 0.4) is 0 Å². The van der Waals surface area contributed by atoms with E-state index in [2.05, 4.69) is 10.3 Å². The zero-order valence-corrected chi connectivity index (χ0v) is 8.94. The van der Waals surface area contributed by atoms with E-state index in [4.69, 9.17) is 4.74 Å². The molecule has 88 valence electrons. The largest absolute Gasteiger partial charge is 0.463 e. The van der Waals surface area contributed by atoms with Crippen molar-refractivity contribution in [2.24, 2.45) is 4.99 Å². The minimum atomic E-state index is -4.29. The highest BCUT2D eigenvalue weighted by molar-refractivity contribution is 7.09. The van der Waals surface area contributed by atoms with Gasteiger partial charge in [0.15, 0.2) is 6.04 Å². The Morgan fingerprint density at radius 2 is 2.38 bits per heavy atom. The van der Waals surface area contributed by atoms with Gasteiger partial charge in [-0.1, -0.05) is 6.07 Å². The average molecular weight is 250 g/mol. The van der Waals surface area contributed by atoms with Crippen LogP contribution in [0.25, 0.3) is 0 Å². The van der Waals surface area contributed by atoms with Crippen molar-refractivity contribution >= 4 is 17.4 Å². The van der Waals surface area contributed by atoms with Gasteiger partial charge in [0.25, 0.3) is 6.02 Å². The first-order valence-corrected chi connectivity index (χ1v) is 5.46. The molecule has 1 aliphatic rings. The van der Waals surface area contributed by atoms with Gasteiger partial charge in [-0.2, -0.15) is 13.2 Å². The third kappa shape index (κ3) is 2.66. The summed E-state index contributed by atoms with van der Waals surface area (Å²) in [5.41, 5.74) is 0. The molecule has 1 N–H and O–H groups in total. The fourth-order valence-electron chi connectivity index (χ4n) is 1.21. The predicted molar refractivity (Wildman–Crippen MR) is 54.4 cm³/mol. The van der Waals surface area contributed by atoms with Gasteiger partial charge in [0, 0.05) is 4.88 Å². The number of hydrogen-bond acceptors (Lipinski definition) is 3. The van der Waals surface area contributed by atoms with Gasteiger partial charge < -0.3 is 10.1 Å². The maximum Gasteiger partial charge on any atom is 0.412 e. The summed E-state index contributed by atoms with van der Waals surface area (Å²) < 4.78 is 41.6. The molecule has 0 spiro atoms. The summed E-state index contributed by atoms with van der Waals surface area (Å²) in [5.74, 6) is 0. The van der Waals surface area contributed by atoms with E-state index < -0.39 is 18.8 Å². The molecule has 16 heavy (non-hydrogen) atoms. The Bertz CT molecular complexity index is 375. The van der Waals surface area contributed by atoms with Crippen molar-refractivity contribution < 1.29 is 17.9 Å². The van der Waals surface area contributed by atoms with E-state index in [-0.39, 0.29) is 6.02 Å². The van der Waals surface area contributed by atoms with Gasteiger partial charge in [0.05, 0.1) is 6.54 Å². The lowest BCUT2D eigenvalue weighted by Crippen LogP contribution is -2.40. The molecule has 0 radical (unpaired) electrons. The van der Waals surface area contributed by atoms with E-state index in [0.29, 0.717) is 6.54 Å². The maximum atomic E-state index is 12.3. The second-order valence-electron chi connectivity index (χ2n) is 3.25. The summed E-state index contributed by atoms with van der Waals surface area (Å²) in [7, 11) is 0. The van der Waals surface area contributed by atoms with E-state index in [1.165, 1.54) is 11.3 Å². The van der Waals surface area contributed by atoms with Gasteiger partial charge in [-0.25, -0.2) is 4.99 Å². The van der Waals surface area contributed by atoms with Crippen LogP contribution in [0.5, 0.6) is 0 Å². The average Bonchev–Trinajstić information content (AvgIpc) is 2.85. The predicted octanol–water partition coefficient (Wildman–Crippen LogP) is 2.15. The van der Waals surface area contributed by atoms with Crippen LogP contribution in [-0.4, -0.2) is 24.8 Å². The summed E-state index contributed by atoms with van der Waals surface area (Å²) in [6.45, 7) is -0.0721. The molecule has 1 fully saturated rings. The van der Waals surface area contributed by atoms with Crippen LogP contribution >= 0.6 is 11.3 Å². The van der Waals surface area contributed by atoms with Gasteiger partial charge in [-0.05, 0) is 11.4 Å². The monoisotopic (exact) mass is 250 g/mol. The third-order valence-electron chi connectivity index (χ3n) is 2.04. The van der Waals surface area contributed by atoms with Gasteiger partial charge in [-0.3, -0.25) is 0 Å². The van der Waals surface area contributed by atoms with Gasteiger partial charge in [-0.15, -0.1) is 11.3 Å². The Hall–Kier alpha value is -1.24. The number of nitrogens with zero attached hydrogens (tertiary/aromatic N) is 1. The topological polar surface area (TPSA) is 33.6 Å². The van der Waals surface area contributed by atoms with Crippen molar-refractivity contribution in [2.45, 2.75) is 18.8 Å². The number of aliphatic imine (C=N–C) groups is 1. The van der Waals surface area contributed by atoms with Crippen LogP contribution in [0.2, 0.25) is 0 Å². The van der Waals surface area contributed by atoms with E-state index in [9.17, 15) is 13.2 Å². The highest BCUT2D eigenvalue weighted by Crippen LogP contribution is 2.23. The molecule has 1 aromatic heterocycles. The summed E-state index contributed by atoms with van der Waals surface area (Å²) >= 11 is 1.50. The number of amidine groups is 1. The zero-order chi connectivity index (χ0) is 11.6. The van der Waals surface area contributed by atoms with Crippen molar-refractivity contribution in [1.29, 1.82) is 0 Å². The molecule has 1 atom stereocenters. The fraction of sp³-hybridized carbons (Fsp3) is 0.444. The number of ether oxygens (including phenoxy) is 1. The molecule has 2 heterocycles. The highest BCUT2D eigenvalue weighted by Gasteiger charge is 2.44. The first kappa shape index (κ1) is 11.3. The van der Waals surface area contributed by atoms with E-state index in [0.717, 1.165) is 4.88 Å². The van der Waals surface area contributed by atoms with Crippen LogP contribution in [0.15, 0.2) is 22.5 Å². The highest BCUT2D eigenvalue weighted by atomic mass is 32.1. The van der Waals surface area contributed by atoms with Crippen LogP contribution in [0.4, 0.5) is 13.2 Å². The molecule has 0 bridgehead atoms. The van der Waals surface area contributed by atoms with Crippen LogP contribution < -0.4 is 5.32 Å². The molecule has 1 aliphatic heterocycles. The quantitative estimate of drug-likeness (QED) is 0.872. The van der Waals surface area contributed by atoms with Crippen LogP contribution in [0, 0.1) is 0 Å². The lowest BCUT2D eigenvalue weighted by atomic mass is 10.3. The van der Waals surface area contributed by atoms with Crippen molar-refractivity contribution in [2.75, 3.05) is 6.61 Å². The number of rotatable bonds is 2. The van der Waals surface area contributed by atoms with Crippen molar-refractivity contribution in [1.82, 2.24) is 5.32 Å². The molecule has 2 rings (SSSR count). The summed E-state index contributed by atoms with van der Waals surface area (Å²) in [4.78, 5) is 4.90. The Morgan fingerprint density at radius 3 is 2.94 bits per heavy atom. The van der Waals surface area contributed by atoms with E-state index >= 15 is 0 Å². The molecule has 1 aromatic rings. The van der Waals surface area contributed by atoms with Crippen molar-refractivity contribution in [3.05, 3.63) is 22.4 Å². The van der Waals surface area contributed by atoms with E-state index in [1.807, 2.05) is 17.5 Å². The SMILES string of the molecule is FC(F)(F)C1COC(=NCc2cccs2)N1. The maximum absolute atomic E-state index is 12.3. The summed E-state index contributed by atoms with van der Waals surface area (Å²) in [6.07, 6.45) is -4.29. The molecule has 1 saturated heterocycles. The molecular formula is C9H9F3N2OS. The van der Waals surface area contributed by atoms with Crippen molar-refractivity contribution in [3.8, 4) is 0 Å². The zero-order valence-electron chi connectivity index (χ0n) is 8.12. The first-order valence-electron chi connectivity index (χ1n) is 4.58. The number of halogens is 3. The minimum Gasteiger partial charge on any atom is -0.463 e. The molecule has 7 heteroatoms. The van der Waals surface area contributed by atoms with Gasteiger partial charge >= 0.3 is 6.18 Å². The van der Waals surface area contributed by atoms with Gasteiger partial charge in [0.2, 0.25) is 0 Å². The number of nitrogens with one attached hydrogen (secondary N) is 1. The standard InChI is InChI=1S/C9H9F3N2OS/c10-9(11,12)7-5-15-8(14-7)13-4-6-2-1-3-16-6/h1-3,7H,4-5H2,(H,13,14). The number of hydrogen-bond donors (Lipinski definition) is 1. The normalized spacial score (nSPS) is 23.2. The fourth-order valence-corrected chi connectivity index (χ4v) is 1.84. The Kier molecular flexibility index (Phi) is 3.04. The summed E-state index contributed by atoms with van der Waals surface area (Å²) in [5, 5.41) is 4.09. The lowest BCUT2D eigenvalue weighted by molar-refractivity contribution is -0.152. The first-order chi connectivity index (χ1) is 7.55. The minimum absolute atomic E-state index is 0.0317. The molecule has 0 aromatic carbocycles. The Balaban J connectivity index is 1.91. The van der Waals surface area contributed by atoms with Crippen molar-refractivity contribution in [3.63, 3.8) is 0 Å². The molecular weight excluding hydrogens is 241 g/mol.